The maximum atomic E-state index is 12.8. The highest BCUT2D eigenvalue weighted by Crippen LogP contribution is 2.34. The third kappa shape index (κ3) is 5.90. The minimum Gasteiger partial charge on any atom is -0.444 e. The molecule has 2 N–H and O–H groups in total. The summed E-state index contributed by atoms with van der Waals surface area (Å²) in [5, 5.41) is 0. The summed E-state index contributed by atoms with van der Waals surface area (Å²) in [6, 6.07) is 14.2. The number of amides is 1. The number of hydrogen-bond donors (Lipinski definition) is 2. The van der Waals surface area contributed by atoms with Crippen molar-refractivity contribution < 1.29 is 9.53 Å². The summed E-state index contributed by atoms with van der Waals surface area (Å²) in [7, 11) is 0. The minimum atomic E-state index is -0.532. The second kappa shape index (κ2) is 11.1. The van der Waals surface area contributed by atoms with Crippen molar-refractivity contribution in [2.45, 2.75) is 64.0 Å². The summed E-state index contributed by atoms with van der Waals surface area (Å²) < 4.78 is 5.65. The molecule has 1 atom stereocenters. The summed E-state index contributed by atoms with van der Waals surface area (Å²) in [5.41, 5.74) is 5.38. The smallest absolute Gasteiger partial charge is 0.410 e. The molecule has 2 aliphatic rings. The average molecular weight is 554 g/mol. The molecule has 1 saturated heterocycles. The molecule has 1 saturated carbocycles. The van der Waals surface area contributed by atoms with Crippen LogP contribution in [0.3, 0.4) is 0 Å². The lowest BCUT2D eigenvalue weighted by atomic mass is 10.1. The van der Waals surface area contributed by atoms with Gasteiger partial charge in [-0.25, -0.2) is 14.8 Å². The first-order chi connectivity index (χ1) is 19.3. The van der Waals surface area contributed by atoms with Gasteiger partial charge in [0.2, 0.25) is 0 Å². The Labute approximate surface area is 239 Å². The molecule has 1 aliphatic heterocycles. The Bertz CT molecular complexity index is 1560. The van der Waals surface area contributed by atoms with Crippen molar-refractivity contribution >= 4 is 28.9 Å². The van der Waals surface area contributed by atoms with Crippen LogP contribution in [0.5, 0.6) is 0 Å². The number of H-pyrrole nitrogens is 2. The van der Waals surface area contributed by atoms with Gasteiger partial charge in [0.1, 0.15) is 23.3 Å². The summed E-state index contributed by atoms with van der Waals surface area (Å²) in [4.78, 5) is 31.0. The molecule has 2 fully saturated rings. The van der Waals surface area contributed by atoms with Crippen molar-refractivity contribution in [1.82, 2.24) is 24.8 Å². The number of aromatic nitrogens is 4. The number of thioether (sulfide) groups is 1. The Kier molecular flexibility index (Phi) is 7.33. The summed E-state index contributed by atoms with van der Waals surface area (Å²) in [6.07, 6.45) is 6.59. The fourth-order valence-electron chi connectivity index (χ4n) is 5.40. The van der Waals surface area contributed by atoms with E-state index in [-0.39, 0.29) is 12.1 Å². The third-order valence-electron chi connectivity index (χ3n) is 7.46. The molecule has 2 aromatic heterocycles. The van der Waals surface area contributed by atoms with Crippen molar-refractivity contribution in [2.24, 2.45) is 0 Å². The number of rotatable bonds is 3. The molecule has 1 amide bonds. The Morgan fingerprint density at radius 2 is 1.77 bits per heavy atom. The van der Waals surface area contributed by atoms with Gasteiger partial charge in [0, 0.05) is 35.1 Å². The second-order valence-corrected chi connectivity index (χ2v) is 12.8. The topological polar surface area (TPSA) is 86.9 Å². The van der Waals surface area contributed by atoms with Crippen LogP contribution in [0.15, 0.2) is 48.7 Å². The number of hydrogen-bond acceptors (Lipinski definition) is 5. The Morgan fingerprint density at radius 1 is 1.02 bits per heavy atom. The Morgan fingerprint density at radius 3 is 2.55 bits per heavy atom. The van der Waals surface area contributed by atoms with Crippen LogP contribution < -0.4 is 0 Å². The molecule has 3 heterocycles. The average Bonchev–Trinajstić information content (AvgIpc) is 3.72. The van der Waals surface area contributed by atoms with Gasteiger partial charge in [-0.1, -0.05) is 36.8 Å². The molecule has 0 radical (unpaired) electrons. The van der Waals surface area contributed by atoms with E-state index in [0.717, 1.165) is 56.6 Å². The van der Waals surface area contributed by atoms with Crippen LogP contribution in [0.25, 0.3) is 22.3 Å². The maximum Gasteiger partial charge on any atom is 0.410 e. The third-order valence-corrected chi connectivity index (χ3v) is 8.48. The number of ether oxygens (including phenoxy) is 1. The molecule has 6 rings (SSSR count). The zero-order valence-electron chi connectivity index (χ0n) is 23.3. The summed E-state index contributed by atoms with van der Waals surface area (Å²) >= 11 is 1.82. The van der Waals surface area contributed by atoms with Crippen molar-refractivity contribution in [1.29, 1.82) is 0 Å². The minimum absolute atomic E-state index is 0.144. The van der Waals surface area contributed by atoms with Gasteiger partial charge >= 0.3 is 6.09 Å². The zero-order valence-corrected chi connectivity index (χ0v) is 24.1. The number of fused-ring (bicyclic) bond motifs is 1. The highest BCUT2D eigenvalue weighted by Gasteiger charge is 2.33. The predicted molar refractivity (Wildman–Crippen MR) is 160 cm³/mol. The van der Waals surface area contributed by atoms with Gasteiger partial charge in [-0.2, -0.15) is 11.8 Å². The SMILES string of the molecule is CC(C)(C)OC(=O)N1CCSC[C@H]1c1ncc(-c2ccc(C#Cc3ccc4nc(C5CCCC5)[nH]c4c3)cc2)[nH]1. The first-order valence-corrected chi connectivity index (χ1v) is 15.2. The zero-order chi connectivity index (χ0) is 27.7. The first-order valence-electron chi connectivity index (χ1n) is 14.1. The molecule has 0 unspecified atom stereocenters. The van der Waals surface area contributed by atoms with Gasteiger partial charge in [0.25, 0.3) is 0 Å². The van der Waals surface area contributed by atoms with Gasteiger partial charge in [0.15, 0.2) is 0 Å². The van der Waals surface area contributed by atoms with Crippen molar-refractivity contribution in [3.63, 3.8) is 0 Å². The van der Waals surface area contributed by atoms with Crippen LogP contribution in [0, 0.1) is 11.8 Å². The van der Waals surface area contributed by atoms with E-state index < -0.39 is 5.60 Å². The Balaban J connectivity index is 1.15. The molecule has 7 nitrogen and oxygen atoms in total. The lowest BCUT2D eigenvalue weighted by molar-refractivity contribution is 0.0178. The van der Waals surface area contributed by atoms with E-state index in [1.165, 1.54) is 25.7 Å². The first kappa shape index (κ1) is 26.5. The van der Waals surface area contributed by atoms with E-state index in [1.807, 2.05) is 56.9 Å². The van der Waals surface area contributed by atoms with E-state index in [2.05, 4.69) is 51.1 Å². The molecule has 40 heavy (non-hydrogen) atoms. The number of carbonyl (C=O) groups excluding carboxylic acids is 1. The van der Waals surface area contributed by atoms with Crippen LogP contribution in [-0.2, 0) is 4.74 Å². The van der Waals surface area contributed by atoms with Crippen molar-refractivity contribution in [3.05, 3.63) is 71.4 Å². The van der Waals surface area contributed by atoms with Crippen LogP contribution in [-0.4, -0.2) is 54.6 Å². The molecule has 1 aliphatic carbocycles. The molecule has 4 aromatic rings. The van der Waals surface area contributed by atoms with Gasteiger partial charge in [-0.15, -0.1) is 0 Å². The van der Waals surface area contributed by atoms with Gasteiger partial charge in [-0.05, 0) is 69.5 Å². The van der Waals surface area contributed by atoms with E-state index in [4.69, 9.17) is 9.72 Å². The van der Waals surface area contributed by atoms with Crippen molar-refractivity contribution in [2.75, 3.05) is 18.1 Å². The van der Waals surface area contributed by atoms with Crippen molar-refractivity contribution in [3.8, 4) is 23.1 Å². The number of carbonyl (C=O) groups is 1. The second-order valence-electron chi connectivity index (χ2n) is 11.6. The van der Waals surface area contributed by atoms with E-state index >= 15 is 0 Å². The maximum absolute atomic E-state index is 12.8. The van der Waals surface area contributed by atoms with Crippen LogP contribution in [0.4, 0.5) is 4.79 Å². The molecule has 8 heteroatoms. The molecule has 0 spiro atoms. The molecule has 0 bridgehead atoms. The molecule has 206 valence electrons. The number of nitrogens with one attached hydrogen (secondary N) is 2. The van der Waals surface area contributed by atoms with Gasteiger partial charge < -0.3 is 14.7 Å². The quantitative estimate of drug-likeness (QED) is 0.266. The largest absolute Gasteiger partial charge is 0.444 e. The highest BCUT2D eigenvalue weighted by molar-refractivity contribution is 7.99. The fourth-order valence-corrected chi connectivity index (χ4v) is 6.45. The van der Waals surface area contributed by atoms with Gasteiger partial charge in [-0.3, -0.25) is 4.90 Å². The normalized spacial score (nSPS) is 18.1. The van der Waals surface area contributed by atoms with Crippen LogP contribution in [0.2, 0.25) is 0 Å². The van der Waals surface area contributed by atoms with E-state index in [0.29, 0.717) is 12.5 Å². The Hall–Kier alpha value is -3.70. The number of imidazole rings is 2. The molecular formula is C32H35N5O2S. The fraction of sp³-hybridized carbons (Fsp3) is 0.406. The summed E-state index contributed by atoms with van der Waals surface area (Å²) in [6.45, 7) is 6.31. The molecule has 2 aromatic carbocycles. The lowest BCUT2D eigenvalue weighted by Crippen LogP contribution is -2.44. The van der Waals surface area contributed by atoms with Gasteiger partial charge in [0.05, 0.1) is 22.9 Å². The predicted octanol–water partition coefficient (Wildman–Crippen LogP) is 7.04. The number of nitrogens with zero attached hydrogens (tertiary/aromatic N) is 3. The van der Waals surface area contributed by atoms with E-state index in [1.54, 1.807) is 4.90 Å². The summed E-state index contributed by atoms with van der Waals surface area (Å²) in [5.74, 6) is 10.7. The monoisotopic (exact) mass is 553 g/mol. The standard InChI is InChI=1S/C32H35N5O2S/c1-32(2,3)39-31(38)37-16-17-40-20-28(37)30-33-19-27(36-30)23-13-10-21(11-14-23)8-9-22-12-15-25-26(18-22)35-29(34-25)24-6-4-5-7-24/h10-15,18-19,24,28H,4-7,16-17,20H2,1-3H3,(H,33,36)(H,34,35)/t28-/m0/s1. The lowest BCUT2D eigenvalue weighted by Gasteiger charge is -2.35. The van der Waals surface area contributed by atoms with Crippen LogP contribution >= 0.6 is 11.8 Å². The highest BCUT2D eigenvalue weighted by atomic mass is 32.2. The number of aromatic amines is 2. The van der Waals surface area contributed by atoms with E-state index in [9.17, 15) is 4.79 Å². The number of benzene rings is 2. The molecular weight excluding hydrogens is 518 g/mol. The van der Waals surface area contributed by atoms with Crippen LogP contribution in [0.1, 0.15) is 81.2 Å².